The Kier molecular flexibility index (Phi) is 14.4. The van der Waals surface area contributed by atoms with Gasteiger partial charge in [0.15, 0.2) is 0 Å². The fourth-order valence-electron chi connectivity index (χ4n) is 2.35. The summed E-state index contributed by atoms with van der Waals surface area (Å²) < 4.78 is 14.6. The van der Waals surface area contributed by atoms with Crippen molar-refractivity contribution in [2.75, 3.05) is 19.6 Å². The fourth-order valence-corrected chi connectivity index (χ4v) is 2.35. The van der Waals surface area contributed by atoms with Gasteiger partial charge in [-0.25, -0.2) is 0 Å². The molecular formula is C17H38N2. The zero-order valence-corrected chi connectivity index (χ0v) is 13.3. The van der Waals surface area contributed by atoms with Gasteiger partial charge in [0.05, 0.1) is 0 Å². The van der Waals surface area contributed by atoms with E-state index in [2.05, 4.69) is 12.7 Å². The average molecular weight is 273 g/mol. The zero-order valence-electron chi connectivity index (χ0n) is 15.3. The summed E-state index contributed by atoms with van der Waals surface area (Å²) in [7, 11) is 0. The highest BCUT2D eigenvalue weighted by molar-refractivity contribution is 4.51. The van der Waals surface area contributed by atoms with E-state index in [4.69, 9.17) is 2.82 Å². The maximum atomic E-state index is 7.80. The first-order valence-electron chi connectivity index (χ1n) is 9.64. The molecule has 0 aliphatic heterocycles. The first kappa shape index (κ1) is 15.3. The first-order valence-corrected chi connectivity index (χ1v) is 8.69. The lowest BCUT2D eigenvalue weighted by Crippen LogP contribution is -2.17. The Morgan fingerprint density at radius 3 is 1.74 bits per heavy atom. The largest absolute Gasteiger partial charge is 0.330 e. The Labute approximate surface area is 124 Å². The van der Waals surface area contributed by atoms with E-state index in [9.17, 15) is 0 Å². The van der Waals surface area contributed by atoms with Crippen molar-refractivity contribution in [2.45, 2.75) is 90.4 Å². The van der Waals surface area contributed by atoms with Crippen molar-refractivity contribution in [1.82, 2.24) is 5.31 Å². The van der Waals surface area contributed by atoms with Crippen LogP contribution in [0.15, 0.2) is 0 Å². The predicted octanol–water partition coefficient (Wildman–Crippen LogP) is 4.63. The van der Waals surface area contributed by atoms with Gasteiger partial charge < -0.3 is 11.0 Å². The minimum Gasteiger partial charge on any atom is -0.330 e. The summed E-state index contributed by atoms with van der Waals surface area (Å²) in [5, 5.41) is 1.69. The van der Waals surface area contributed by atoms with Crippen LogP contribution in [0.5, 0.6) is 0 Å². The molecule has 0 aromatic heterocycles. The molecule has 0 saturated heterocycles. The molecular weight excluding hydrogens is 232 g/mol. The highest BCUT2D eigenvalue weighted by Crippen LogP contribution is 2.10. The van der Waals surface area contributed by atoms with Gasteiger partial charge in [0.25, 0.3) is 0 Å². The molecule has 0 amide bonds. The quantitative estimate of drug-likeness (QED) is 0.379. The summed E-state index contributed by atoms with van der Waals surface area (Å²) >= 11 is 0. The van der Waals surface area contributed by atoms with Crippen LogP contribution >= 0.6 is 0 Å². The molecule has 0 spiro atoms. The number of nitrogens with two attached hydrogens (primary N) is 1. The van der Waals surface area contributed by atoms with Crippen LogP contribution in [0.3, 0.4) is 0 Å². The molecule has 0 aromatic carbocycles. The van der Waals surface area contributed by atoms with Gasteiger partial charge in [-0.3, -0.25) is 0 Å². The molecule has 0 aliphatic rings. The van der Waals surface area contributed by atoms with Gasteiger partial charge in [-0.05, 0) is 38.9 Å². The molecule has 0 bridgehead atoms. The zero-order chi connectivity index (χ0) is 15.6. The molecule has 0 saturated carbocycles. The molecule has 0 unspecified atom stereocenters. The molecule has 116 valence electrons. The highest BCUT2D eigenvalue weighted by Gasteiger charge is 1.93. The van der Waals surface area contributed by atoms with Crippen LogP contribution in [0, 0.1) is 0 Å². The predicted molar refractivity (Wildman–Crippen MR) is 87.6 cm³/mol. The highest BCUT2D eigenvalue weighted by atomic mass is 14.8. The van der Waals surface area contributed by atoms with Gasteiger partial charge in [-0.2, -0.15) is 0 Å². The Hall–Kier alpha value is -0.0800. The summed E-state index contributed by atoms with van der Waals surface area (Å²) in [6, 6.07) is 0. The van der Waals surface area contributed by atoms with Crippen LogP contribution in [0.2, 0.25) is 2.82 Å². The molecule has 0 heterocycles. The topological polar surface area (TPSA) is 38.0 Å². The molecule has 3 N–H and O–H groups in total. The third kappa shape index (κ3) is 17.9. The lowest BCUT2D eigenvalue weighted by Gasteiger charge is -2.04. The van der Waals surface area contributed by atoms with Crippen LogP contribution in [-0.4, -0.2) is 19.6 Å². The second-order valence-electron chi connectivity index (χ2n) is 5.66. The second kappa shape index (κ2) is 17.9. The van der Waals surface area contributed by atoms with E-state index < -0.39 is 0 Å². The molecule has 0 fully saturated rings. The maximum Gasteiger partial charge on any atom is 0.122 e. The second-order valence-corrected chi connectivity index (χ2v) is 5.66. The summed E-state index contributed by atoms with van der Waals surface area (Å²) in [5.41, 5.74) is 2.40. The Morgan fingerprint density at radius 1 is 0.737 bits per heavy atom. The standard InChI is InChI=1S/C17H38N2/c1-2-3-4-5-6-7-8-9-10-11-13-16-19-17-14-12-15-18/h19H,2-18H2,1H3/i/hD2. The van der Waals surface area contributed by atoms with Crippen molar-refractivity contribution in [3.63, 3.8) is 0 Å². The fraction of sp³-hybridized carbons (Fsp3) is 1.00. The molecule has 2 nitrogen and oxygen atoms in total. The van der Waals surface area contributed by atoms with Gasteiger partial charge in [-0.1, -0.05) is 71.1 Å². The lowest BCUT2D eigenvalue weighted by molar-refractivity contribution is 0.535. The number of rotatable bonds is 17. The van der Waals surface area contributed by atoms with Crippen LogP contribution in [0.1, 0.15) is 90.4 Å². The van der Waals surface area contributed by atoms with Gasteiger partial charge >= 0.3 is 0 Å². The summed E-state index contributed by atoms with van der Waals surface area (Å²) in [4.78, 5) is 0. The van der Waals surface area contributed by atoms with E-state index in [0.29, 0.717) is 0 Å². The van der Waals surface area contributed by atoms with E-state index in [1.807, 2.05) is 0 Å². The van der Waals surface area contributed by atoms with Crippen molar-refractivity contribution in [2.24, 2.45) is 5.73 Å². The van der Waals surface area contributed by atoms with Crippen molar-refractivity contribution in [3.05, 3.63) is 0 Å². The number of unbranched alkanes of at least 4 members (excludes halogenated alkanes) is 11. The van der Waals surface area contributed by atoms with Crippen molar-refractivity contribution in [3.8, 4) is 0 Å². The van der Waals surface area contributed by atoms with Gasteiger partial charge in [0.2, 0.25) is 0 Å². The van der Waals surface area contributed by atoms with Crippen LogP contribution in [-0.2, 0) is 0 Å². The van der Waals surface area contributed by atoms with E-state index in [0.717, 1.165) is 38.9 Å². The lowest BCUT2D eigenvalue weighted by atomic mass is 10.1. The molecule has 0 rings (SSSR count). The normalized spacial score (nSPS) is 12.7. The number of nitrogens with one attached hydrogen (secondary N) is 1. The molecule has 19 heavy (non-hydrogen) atoms. The smallest absolute Gasteiger partial charge is 0.122 e. The SMILES string of the molecule is [2H]NCCCCN([2H])CCCCCCCCCCCCC. The van der Waals surface area contributed by atoms with Crippen LogP contribution < -0.4 is 11.0 Å². The van der Waals surface area contributed by atoms with Crippen molar-refractivity contribution in [1.29, 1.82) is 0 Å². The number of hydrogen-bond acceptors (Lipinski definition) is 2. The molecule has 0 aromatic rings. The maximum absolute atomic E-state index is 7.80. The van der Waals surface area contributed by atoms with Crippen LogP contribution in [0.4, 0.5) is 0 Å². The summed E-state index contributed by atoms with van der Waals surface area (Å²) in [6.45, 7) is 4.77. The van der Waals surface area contributed by atoms with Gasteiger partial charge in [0.1, 0.15) is 2.82 Å². The van der Waals surface area contributed by atoms with Gasteiger partial charge in [-0.15, -0.1) is 0 Å². The van der Waals surface area contributed by atoms with Crippen molar-refractivity contribution < 1.29 is 2.82 Å². The van der Waals surface area contributed by atoms with Crippen molar-refractivity contribution >= 4 is 0 Å². The Balaban J connectivity index is 3.07. The molecule has 0 atom stereocenters. The summed E-state index contributed by atoms with van der Waals surface area (Å²) in [5.74, 6) is 0. The Morgan fingerprint density at radius 2 is 1.21 bits per heavy atom. The molecule has 2 heteroatoms. The Bertz CT molecular complexity index is 192. The third-order valence-corrected chi connectivity index (χ3v) is 3.66. The number of hydrogen-bond donors (Lipinski definition) is 2. The summed E-state index contributed by atoms with van der Waals surface area (Å²) in [6.07, 6.45) is 17.0. The average Bonchev–Trinajstić information content (AvgIpc) is 2.49. The minimum absolute atomic E-state index is 0.742. The third-order valence-electron chi connectivity index (χ3n) is 3.66. The van der Waals surface area contributed by atoms with E-state index in [1.54, 1.807) is 5.31 Å². The monoisotopic (exact) mass is 272 g/mol. The van der Waals surface area contributed by atoms with Crippen LogP contribution in [0.25, 0.3) is 0 Å². The van der Waals surface area contributed by atoms with E-state index in [-0.39, 0.29) is 0 Å². The molecule has 0 radical (unpaired) electrons. The molecule has 0 aliphatic carbocycles. The van der Waals surface area contributed by atoms with E-state index >= 15 is 0 Å². The minimum atomic E-state index is 0.742. The van der Waals surface area contributed by atoms with Gasteiger partial charge in [0, 0.05) is 0 Å². The van der Waals surface area contributed by atoms with E-state index in [1.165, 1.54) is 64.2 Å². The first-order chi connectivity index (χ1) is 10.3.